The number of benzene rings is 1. The Morgan fingerprint density at radius 3 is 2.52 bits per heavy atom. The summed E-state index contributed by atoms with van der Waals surface area (Å²) < 4.78 is 5.43. The van der Waals surface area contributed by atoms with Crippen molar-refractivity contribution >= 4 is 12.0 Å². The number of piperidine rings is 1. The summed E-state index contributed by atoms with van der Waals surface area (Å²) in [7, 11) is 0. The average molecular weight is 450 g/mol. The predicted octanol–water partition coefficient (Wildman–Crippen LogP) is 2.61. The van der Waals surface area contributed by atoms with Crippen LogP contribution in [0.5, 0.6) is 0 Å². The summed E-state index contributed by atoms with van der Waals surface area (Å²) in [5.74, 6) is 1.02. The summed E-state index contributed by atoms with van der Waals surface area (Å²) in [5.41, 5.74) is 0.454. The molecule has 174 valence electrons. The number of alkyl carbamates (subject to hydrolysis) is 1. The Balaban J connectivity index is 1.23. The molecule has 3 fully saturated rings. The zero-order valence-electron chi connectivity index (χ0n) is 18.8. The van der Waals surface area contributed by atoms with E-state index in [2.05, 4.69) is 25.5 Å². The largest absolute Gasteiger partial charge is 0.445 e. The van der Waals surface area contributed by atoms with Crippen molar-refractivity contribution in [1.29, 1.82) is 0 Å². The Morgan fingerprint density at radius 1 is 1.06 bits per heavy atom. The van der Waals surface area contributed by atoms with Gasteiger partial charge in [0.2, 0.25) is 5.91 Å². The van der Waals surface area contributed by atoms with E-state index >= 15 is 0 Å². The predicted molar refractivity (Wildman–Crippen MR) is 122 cm³/mol. The normalized spacial score (nSPS) is 24.0. The fraction of sp³-hybridized carbons (Fsp3) is 0.520. The molecule has 2 saturated carbocycles. The molecule has 8 heteroatoms. The molecule has 33 heavy (non-hydrogen) atoms. The lowest BCUT2D eigenvalue weighted by atomic mass is 9.90. The second kappa shape index (κ2) is 9.47. The maximum absolute atomic E-state index is 13.5. The van der Waals surface area contributed by atoms with E-state index in [-0.39, 0.29) is 24.5 Å². The van der Waals surface area contributed by atoms with Gasteiger partial charge in [0.05, 0.1) is 11.5 Å². The molecular weight excluding hydrogens is 418 g/mol. The highest BCUT2D eigenvalue weighted by Crippen LogP contribution is 2.44. The smallest absolute Gasteiger partial charge is 0.407 e. The topological polar surface area (TPSA) is 96.5 Å². The number of nitrogens with one attached hydrogen (secondary N) is 2. The lowest BCUT2D eigenvalue weighted by Gasteiger charge is -2.38. The highest BCUT2D eigenvalue weighted by Gasteiger charge is 2.50. The Bertz CT molecular complexity index is 963. The first-order valence-corrected chi connectivity index (χ1v) is 11.9. The molecule has 2 N–H and O–H groups in total. The van der Waals surface area contributed by atoms with Crippen LogP contribution in [-0.2, 0) is 21.7 Å². The molecule has 5 rings (SSSR count). The van der Waals surface area contributed by atoms with E-state index in [9.17, 15) is 9.59 Å². The van der Waals surface area contributed by atoms with Crippen LogP contribution < -0.4 is 10.6 Å². The number of nitrogens with zero attached hydrogens (tertiary/aromatic N) is 3. The van der Waals surface area contributed by atoms with Gasteiger partial charge in [-0.2, -0.15) is 0 Å². The summed E-state index contributed by atoms with van der Waals surface area (Å²) in [4.78, 5) is 37.1. The van der Waals surface area contributed by atoms with Crippen LogP contribution in [0.15, 0.2) is 48.8 Å². The molecule has 3 aliphatic rings. The quantitative estimate of drug-likeness (QED) is 0.643. The van der Waals surface area contributed by atoms with Crippen LogP contribution in [0.4, 0.5) is 4.79 Å². The number of carbonyl (C=O) groups is 2. The standard InChI is InChI=1S/C25H31N5O3/c31-22(29-25(10-11-25)23-26-12-4-13-27-23)20-16-30(15-18-7-8-18)14-9-21(20)28-24(32)33-17-19-5-2-1-3-6-19/h1-6,12-13,18,20-21H,7-11,14-17H2,(H,28,32)(H,29,31)/t20-,21-/m0/s1. The van der Waals surface area contributed by atoms with Gasteiger partial charge in [0, 0.05) is 38.1 Å². The fourth-order valence-electron chi connectivity index (χ4n) is 4.61. The van der Waals surface area contributed by atoms with Crippen LogP contribution in [0.25, 0.3) is 0 Å². The number of hydrogen-bond acceptors (Lipinski definition) is 6. The van der Waals surface area contributed by atoms with Crippen LogP contribution in [0.3, 0.4) is 0 Å². The number of hydrogen-bond donors (Lipinski definition) is 2. The molecule has 1 aromatic heterocycles. The van der Waals surface area contributed by atoms with Crippen LogP contribution in [-0.4, -0.2) is 52.5 Å². The van der Waals surface area contributed by atoms with E-state index in [1.54, 1.807) is 18.5 Å². The first-order chi connectivity index (χ1) is 16.1. The molecule has 1 aliphatic heterocycles. The molecule has 2 atom stereocenters. The van der Waals surface area contributed by atoms with Crippen molar-refractivity contribution in [3.05, 3.63) is 60.2 Å². The number of ether oxygens (including phenoxy) is 1. The Kier molecular flexibility index (Phi) is 6.26. The van der Waals surface area contributed by atoms with E-state index in [0.29, 0.717) is 12.4 Å². The van der Waals surface area contributed by atoms with Crippen LogP contribution in [0, 0.1) is 11.8 Å². The number of rotatable bonds is 8. The van der Waals surface area contributed by atoms with E-state index in [1.807, 2.05) is 30.3 Å². The zero-order chi connectivity index (χ0) is 22.7. The van der Waals surface area contributed by atoms with Crippen molar-refractivity contribution in [2.75, 3.05) is 19.6 Å². The van der Waals surface area contributed by atoms with E-state index in [0.717, 1.165) is 43.8 Å². The molecule has 0 radical (unpaired) electrons. The van der Waals surface area contributed by atoms with E-state index in [1.165, 1.54) is 12.8 Å². The van der Waals surface area contributed by atoms with Gasteiger partial charge in [0.15, 0.2) is 5.82 Å². The van der Waals surface area contributed by atoms with E-state index in [4.69, 9.17) is 4.74 Å². The molecule has 0 bridgehead atoms. The Morgan fingerprint density at radius 2 is 1.82 bits per heavy atom. The van der Waals surface area contributed by atoms with Crippen molar-refractivity contribution in [2.45, 2.75) is 50.3 Å². The van der Waals surface area contributed by atoms with Gasteiger partial charge >= 0.3 is 6.09 Å². The third-order valence-electron chi connectivity index (χ3n) is 6.87. The number of carbonyl (C=O) groups excluding carboxylic acids is 2. The molecule has 0 unspecified atom stereocenters. The summed E-state index contributed by atoms with van der Waals surface area (Å²) in [5, 5.41) is 6.20. The van der Waals surface area contributed by atoms with Crippen molar-refractivity contribution in [3.8, 4) is 0 Å². The van der Waals surface area contributed by atoms with Crippen molar-refractivity contribution in [2.24, 2.45) is 11.8 Å². The first kappa shape index (κ1) is 21.8. The summed E-state index contributed by atoms with van der Waals surface area (Å²) >= 11 is 0. The summed E-state index contributed by atoms with van der Waals surface area (Å²) in [6, 6.07) is 11.1. The number of likely N-dealkylation sites (tertiary alicyclic amines) is 1. The lowest BCUT2D eigenvalue weighted by Crippen LogP contribution is -2.57. The van der Waals surface area contributed by atoms with Gasteiger partial charge < -0.3 is 20.3 Å². The van der Waals surface area contributed by atoms with Gasteiger partial charge in [-0.3, -0.25) is 4.79 Å². The Labute approximate surface area is 194 Å². The molecule has 8 nitrogen and oxygen atoms in total. The van der Waals surface area contributed by atoms with Gasteiger partial charge in [-0.05, 0) is 49.7 Å². The van der Waals surface area contributed by atoms with Gasteiger partial charge in [-0.1, -0.05) is 30.3 Å². The number of amides is 2. The van der Waals surface area contributed by atoms with Crippen LogP contribution >= 0.6 is 0 Å². The highest BCUT2D eigenvalue weighted by molar-refractivity contribution is 5.82. The van der Waals surface area contributed by atoms with Crippen LogP contribution in [0.1, 0.15) is 43.5 Å². The van der Waals surface area contributed by atoms with Gasteiger partial charge in [-0.25, -0.2) is 14.8 Å². The maximum Gasteiger partial charge on any atom is 0.407 e. The van der Waals surface area contributed by atoms with Gasteiger partial charge in [0.25, 0.3) is 0 Å². The van der Waals surface area contributed by atoms with Gasteiger partial charge in [0.1, 0.15) is 6.61 Å². The molecular formula is C25H31N5O3. The third-order valence-corrected chi connectivity index (χ3v) is 6.87. The van der Waals surface area contributed by atoms with E-state index < -0.39 is 11.6 Å². The monoisotopic (exact) mass is 449 g/mol. The zero-order valence-corrected chi connectivity index (χ0v) is 18.8. The maximum atomic E-state index is 13.5. The second-order valence-electron chi connectivity index (χ2n) is 9.55. The Hall–Kier alpha value is -3.00. The fourth-order valence-corrected chi connectivity index (χ4v) is 4.61. The molecule has 2 amide bonds. The minimum Gasteiger partial charge on any atom is -0.445 e. The molecule has 1 saturated heterocycles. The third kappa shape index (κ3) is 5.50. The van der Waals surface area contributed by atoms with Gasteiger partial charge in [-0.15, -0.1) is 0 Å². The molecule has 2 heterocycles. The average Bonchev–Trinajstić information content (AvgIpc) is 3.78. The summed E-state index contributed by atoms with van der Waals surface area (Å²) in [6.07, 6.45) is 7.87. The minimum atomic E-state index is -0.482. The van der Waals surface area contributed by atoms with Crippen molar-refractivity contribution < 1.29 is 14.3 Å². The molecule has 1 aromatic carbocycles. The van der Waals surface area contributed by atoms with Crippen molar-refractivity contribution in [1.82, 2.24) is 25.5 Å². The second-order valence-corrected chi connectivity index (χ2v) is 9.55. The lowest BCUT2D eigenvalue weighted by molar-refractivity contribution is -0.128. The van der Waals surface area contributed by atoms with Crippen molar-refractivity contribution in [3.63, 3.8) is 0 Å². The molecule has 2 aromatic rings. The first-order valence-electron chi connectivity index (χ1n) is 11.9. The van der Waals surface area contributed by atoms with Crippen LogP contribution in [0.2, 0.25) is 0 Å². The molecule has 2 aliphatic carbocycles. The SMILES string of the molecule is O=C(N[C@H]1CCN(CC2CC2)C[C@@H]1C(=O)NC1(c2ncccn2)CC1)OCc1ccccc1. The molecule has 0 spiro atoms. The highest BCUT2D eigenvalue weighted by atomic mass is 16.5. The minimum absolute atomic E-state index is 0.0474. The number of aromatic nitrogens is 2. The summed E-state index contributed by atoms with van der Waals surface area (Å²) in [6.45, 7) is 2.74.